The fraction of sp³-hybridized carbons (Fsp3) is 0.370. The lowest BCUT2D eigenvalue weighted by atomic mass is 9.90. The Kier molecular flexibility index (Phi) is 5.61. The standard InChI is InChI=1S/C27H28N6O/c28-16-18-2-1-3-19(14-18)20-4-9-24-23(15-20)25-26(29-17-30-27(25)32-24)31-21-5-7-22(8-6-21)33-10-12-34-13-11-33/h1-4,9,14-15,17,21-22H,5-8,10-13H2,(H2,29,30,31,32). The Bertz CT molecular complexity index is 1360. The fourth-order valence-electron chi connectivity index (χ4n) is 5.50. The fourth-order valence-corrected chi connectivity index (χ4v) is 5.50. The van der Waals surface area contributed by atoms with Gasteiger partial charge in [-0.1, -0.05) is 18.2 Å². The predicted octanol–water partition coefficient (Wildman–Crippen LogP) is 4.71. The largest absolute Gasteiger partial charge is 0.379 e. The van der Waals surface area contributed by atoms with E-state index in [0.717, 1.165) is 78.0 Å². The van der Waals surface area contributed by atoms with Gasteiger partial charge < -0.3 is 15.0 Å². The van der Waals surface area contributed by atoms with E-state index in [4.69, 9.17) is 4.74 Å². The normalized spacial score (nSPS) is 21.5. The van der Waals surface area contributed by atoms with Crippen LogP contribution in [0.5, 0.6) is 0 Å². The molecule has 172 valence electrons. The maximum atomic E-state index is 9.28. The Labute approximate surface area is 198 Å². The number of fused-ring (bicyclic) bond motifs is 3. The zero-order chi connectivity index (χ0) is 22.9. The summed E-state index contributed by atoms with van der Waals surface area (Å²) in [6.45, 7) is 3.84. The Morgan fingerprint density at radius 2 is 1.82 bits per heavy atom. The molecule has 2 aliphatic rings. The van der Waals surface area contributed by atoms with Crippen LogP contribution in [0.15, 0.2) is 48.8 Å². The molecule has 7 nitrogen and oxygen atoms in total. The topological polar surface area (TPSA) is 89.9 Å². The molecule has 2 aromatic heterocycles. The van der Waals surface area contributed by atoms with Crippen molar-refractivity contribution in [3.63, 3.8) is 0 Å². The second-order valence-corrected chi connectivity index (χ2v) is 9.32. The van der Waals surface area contributed by atoms with E-state index < -0.39 is 0 Å². The highest BCUT2D eigenvalue weighted by molar-refractivity contribution is 6.12. The van der Waals surface area contributed by atoms with Gasteiger partial charge in [0.2, 0.25) is 0 Å². The number of nitrogens with one attached hydrogen (secondary N) is 2. The summed E-state index contributed by atoms with van der Waals surface area (Å²) in [7, 11) is 0. The molecule has 0 amide bonds. The highest BCUT2D eigenvalue weighted by Crippen LogP contribution is 2.34. The van der Waals surface area contributed by atoms with Gasteiger partial charge in [0.25, 0.3) is 0 Å². The Balaban J connectivity index is 1.27. The van der Waals surface area contributed by atoms with Gasteiger partial charge in [0.05, 0.1) is 30.2 Å². The first-order valence-electron chi connectivity index (χ1n) is 12.1. The molecule has 6 rings (SSSR count). The number of hydrogen-bond acceptors (Lipinski definition) is 6. The number of aromatic amines is 1. The summed E-state index contributed by atoms with van der Waals surface area (Å²) in [6, 6.07) is 17.4. The van der Waals surface area contributed by atoms with Crippen LogP contribution in [0.3, 0.4) is 0 Å². The molecular formula is C27H28N6O. The molecule has 1 saturated heterocycles. The van der Waals surface area contributed by atoms with Gasteiger partial charge in [0, 0.05) is 36.1 Å². The van der Waals surface area contributed by atoms with E-state index in [0.29, 0.717) is 17.6 Å². The maximum Gasteiger partial charge on any atom is 0.143 e. The molecule has 0 unspecified atom stereocenters. The second-order valence-electron chi connectivity index (χ2n) is 9.32. The van der Waals surface area contributed by atoms with Crippen molar-refractivity contribution in [3.05, 3.63) is 54.4 Å². The molecule has 2 N–H and O–H groups in total. The lowest BCUT2D eigenvalue weighted by molar-refractivity contribution is 0.00791. The Morgan fingerprint density at radius 1 is 1.00 bits per heavy atom. The summed E-state index contributed by atoms with van der Waals surface area (Å²) in [5.74, 6) is 0.897. The average Bonchev–Trinajstić information content (AvgIpc) is 3.28. The van der Waals surface area contributed by atoms with Crippen LogP contribution < -0.4 is 5.32 Å². The van der Waals surface area contributed by atoms with Crippen LogP contribution in [0.2, 0.25) is 0 Å². The van der Waals surface area contributed by atoms with E-state index >= 15 is 0 Å². The smallest absolute Gasteiger partial charge is 0.143 e. The molecule has 7 heteroatoms. The molecule has 0 spiro atoms. The van der Waals surface area contributed by atoms with Crippen molar-refractivity contribution in [1.82, 2.24) is 19.9 Å². The van der Waals surface area contributed by atoms with E-state index in [1.165, 1.54) is 12.8 Å². The van der Waals surface area contributed by atoms with Crippen LogP contribution in [-0.4, -0.2) is 58.2 Å². The maximum absolute atomic E-state index is 9.28. The van der Waals surface area contributed by atoms with Crippen molar-refractivity contribution in [1.29, 1.82) is 5.26 Å². The van der Waals surface area contributed by atoms with Gasteiger partial charge in [-0.2, -0.15) is 5.26 Å². The summed E-state index contributed by atoms with van der Waals surface area (Å²) in [5, 5.41) is 15.2. The highest BCUT2D eigenvalue weighted by atomic mass is 16.5. The molecule has 1 saturated carbocycles. The number of anilines is 1. The van der Waals surface area contributed by atoms with Crippen molar-refractivity contribution in [2.45, 2.75) is 37.8 Å². The van der Waals surface area contributed by atoms with Gasteiger partial charge in [-0.05, 0) is 61.1 Å². The summed E-state index contributed by atoms with van der Waals surface area (Å²) in [4.78, 5) is 15.2. The van der Waals surface area contributed by atoms with Crippen LogP contribution in [0.1, 0.15) is 31.2 Å². The van der Waals surface area contributed by atoms with Crippen molar-refractivity contribution in [2.75, 3.05) is 31.6 Å². The molecule has 1 aliphatic heterocycles. The molecule has 0 atom stereocenters. The molecule has 2 aromatic carbocycles. The van der Waals surface area contributed by atoms with Crippen LogP contribution in [0, 0.1) is 11.3 Å². The molecule has 34 heavy (non-hydrogen) atoms. The summed E-state index contributed by atoms with van der Waals surface area (Å²) >= 11 is 0. The number of benzene rings is 2. The number of rotatable bonds is 4. The predicted molar refractivity (Wildman–Crippen MR) is 134 cm³/mol. The van der Waals surface area contributed by atoms with Gasteiger partial charge in [0.15, 0.2) is 0 Å². The van der Waals surface area contributed by atoms with Gasteiger partial charge in [0.1, 0.15) is 17.8 Å². The van der Waals surface area contributed by atoms with Crippen LogP contribution >= 0.6 is 0 Å². The molecule has 0 bridgehead atoms. The summed E-state index contributed by atoms with van der Waals surface area (Å²) < 4.78 is 5.52. The average molecular weight is 453 g/mol. The third kappa shape index (κ3) is 4.00. The molecule has 0 radical (unpaired) electrons. The molecule has 3 heterocycles. The van der Waals surface area contributed by atoms with Crippen LogP contribution in [0.25, 0.3) is 33.1 Å². The SMILES string of the molecule is N#Cc1cccc(-c2ccc3[nH]c4ncnc(NC5CCC(N6CCOCC6)CC5)c4c3c2)c1. The van der Waals surface area contributed by atoms with E-state index in [1.54, 1.807) is 6.33 Å². The molecule has 2 fully saturated rings. The van der Waals surface area contributed by atoms with E-state index in [2.05, 4.69) is 49.4 Å². The minimum atomic E-state index is 0.413. The van der Waals surface area contributed by atoms with Gasteiger partial charge in [-0.15, -0.1) is 0 Å². The Hall–Kier alpha value is -3.47. The summed E-state index contributed by atoms with van der Waals surface area (Å²) in [6.07, 6.45) is 6.33. The minimum Gasteiger partial charge on any atom is -0.379 e. The molecule has 1 aliphatic carbocycles. The first-order valence-corrected chi connectivity index (χ1v) is 12.1. The minimum absolute atomic E-state index is 0.413. The van der Waals surface area contributed by atoms with Crippen molar-refractivity contribution < 1.29 is 4.74 Å². The zero-order valence-corrected chi connectivity index (χ0v) is 19.1. The highest BCUT2D eigenvalue weighted by Gasteiger charge is 2.27. The van der Waals surface area contributed by atoms with Crippen molar-refractivity contribution in [2.24, 2.45) is 0 Å². The monoisotopic (exact) mass is 452 g/mol. The summed E-state index contributed by atoms with van der Waals surface area (Å²) in [5.41, 5.74) is 4.65. The number of H-pyrrole nitrogens is 1. The number of hydrogen-bond donors (Lipinski definition) is 2. The number of aromatic nitrogens is 3. The molecular weight excluding hydrogens is 424 g/mol. The van der Waals surface area contributed by atoms with Gasteiger partial charge in [-0.25, -0.2) is 9.97 Å². The third-order valence-corrected chi connectivity index (χ3v) is 7.31. The lowest BCUT2D eigenvalue weighted by Gasteiger charge is -2.39. The number of nitrogens with zero attached hydrogens (tertiary/aromatic N) is 4. The van der Waals surface area contributed by atoms with Crippen LogP contribution in [-0.2, 0) is 4.74 Å². The molecule has 4 aromatic rings. The third-order valence-electron chi connectivity index (χ3n) is 7.31. The Morgan fingerprint density at radius 3 is 2.65 bits per heavy atom. The first-order chi connectivity index (χ1) is 16.8. The van der Waals surface area contributed by atoms with Gasteiger partial charge in [-0.3, -0.25) is 4.90 Å². The number of nitriles is 1. The van der Waals surface area contributed by atoms with E-state index in [9.17, 15) is 5.26 Å². The van der Waals surface area contributed by atoms with Crippen LogP contribution in [0.4, 0.5) is 5.82 Å². The first kappa shape index (κ1) is 21.1. The number of morpholine rings is 1. The lowest BCUT2D eigenvalue weighted by Crippen LogP contribution is -2.46. The number of ether oxygens (including phenoxy) is 1. The second kappa shape index (κ2) is 9.05. The quantitative estimate of drug-likeness (QED) is 0.466. The van der Waals surface area contributed by atoms with E-state index in [1.807, 2.05) is 24.3 Å². The van der Waals surface area contributed by atoms with Crippen molar-refractivity contribution in [3.8, 4) is 17.2 Å². The van der Waals surface area contributed by atoms with Gasteiger partial charge >= 0.3 is 0 Å². The zero-order valence-electron chi connectivity index (χ0n) is 19.1. The van der Waals surface area contributed by atoms with Crippen molar-refractivity contribution >= 4 is 27.8 Å². The van der Waals surface area contributed by atoms with E-state index in [-0.39, 0.29) is 0 Å².